The van der Waals surface area contributed by atoms with Gasteiger partial charge in [-0.05, 0) is 66.1 Å². The van der Waals surface area contributed by atoms with Gasteiger partial charge in [0.1, 0.15) is 23.9 Å². The Morgan fingerprint density at radius 3 is 2.22 bits per heavy atom. The van der Waals surface area contributed by atoms with Crippen LogP contribution in [-0.4, -0.2) is 38.4 Å². The Morgan fingerprint density at radius 2 is 1.64 bits per heavy atom. The molecular weight excluding hydrogens is 499 g/mol. The maximum Gasteiger partial charge on any atom is 0.416 e. The summed E-state index contributed by atoms with van der Waals surface area (Å²) in [5.41, 5.74) is 0.216. The van der Waals surface area contributed by atoms with Crippen LogP contribution in [0, 0.1) is 0 Å². The highest BCUT2D eigenvalue weighted by Gasteiger charge is 2.31. The Kier molecular flexibility index (Phi) is 8.70. The van der Waals surface area contributed by atoms with Crippen LogP contribution in [0.5, 0.6) is 17.2 Å². The van der Waals surface area contributed by atoms with Gasteiger partial charge in [-0.3, -0.25) is 0 Å². The van der Waals surface area contributed by atoms with Gasteiger partial charge in [0.2, 0.25) is 0 Å². The molecule has 192 valence electrons. The molecule has 6 nitrogen and oxygen atoms in total. The Labute approximate surface area is 211 Å². The van der Waals surface area contributed by atoms with Gasteiger partial charge in [0.05, 0.1) is 30.4 Å². The van der Waals surface area contributed by atoms with Crippen molar-refractivity contribution in [1.29, 1.82) is 0 Å². The van der Waals surface area contributed by atoms with Crippen LogP contribution in [0.4, 0.5) is 13.2 Å². The van der Waals surface area contributed by atoms with Crippen LogP contribution < -0.4 is 19.5 Å². The maximum atomic E-state index is 13.5. The van der Waals surface area contributed by atoms with Crippen molar-refractivity contribution in [2.45, 2.75) is 19.1 Å². The van der Waals surface area contributed by atoms with Crippen LogP contribution >= 0.6 is 11.6 Å². The molecule has 0 radical (unpaired) electrons. The van der Waals surface area contributed by atoms with Gasteiger partial charge in [0, 0.05) is 18.7 Å². The number of carboxylic acids is 1. The van der Waals surface area contributed by atoms with Crippen molar-refractivity contribution in [3.05, 3.63) is 76.3 Å². The van der Waals surface area contributed by atoms with Gasteiger partial charge in [-0.25, -0.2) is 4.79 Å². The Balaban J connectivity index is 1.75. The largest absolute Gasteiger partial charge is 0.497 e. The number of hydrogen-bond acceptors (Lipinski definition) is 5. The van der Waals surface area contributed by atoms with E-state index in [0.29, 0.717) is 18.0 Å². The third kappa shape index (κ3) is 6.83. The zero-order chi connectivity index (χ0) is 26.5. The summed E-state index contributed by atoms with van der Waals surface area (Å²) >= 11 is 5.90. The number of carbonyl (C=O) groups is 1. The topological polar surface area (TPSA) is 77.0 Å². The van der Waals surface area contributed by atoms with Crippen LogP contribution in [-0.2, 0) is 6.18 Å². The Bertz CT molecular complexity index is 1210. The average molecular weight is 524 g/mol. The maximum absolute atomic E-state index is 13.5. The minimum absolute atomic E-state index is 0.00385. The highest BCUT2D eigenvalue weighted by atomic mass is 35.5. The first-order chi connectivity index (χ1) is 17.0. The molecule has 1 atom stereocenters. The molecule has 0 aromatic heterocycles. The standard InChI is InChI=1S/C26H25ClF3NO5/c1-15(17-9-20(34-2)14-21(10-17)35-3)31-6-7-36-22-11-18(8-19(13-22)26(28,29)30)16-4-5-24(27)23(12-16)25(32)33/h4-5,8-15,31H,6-7H2,1-3H3,(H,32,33)/t15-/m1/s1. The summed E-state index contributed by atoms with van der Waals surface area (Å²) in [6.45, 7) is 2.36. The van der Waals surface area contributed by atoms with Gasteiger partial charge < -0.3 is 24.6 Å². The second-order valence-electron chi connectivity index (χ2n) is 7.91. The molecule has 2 N–H and O–H groups in total. The van der Waals surface area contributed by atoms with Crippen LogP contribution in [0.3, 0.4) is 0 Å². The fourth-order valence-electron chi connectivity index (χ4n) is 3.52. The van der Waals surface area contributed by atoms with Gasteiger partial charge in [0.15, 0.2) is 0 Å². The molecule has 0 aliphatic heterocycles. The molecule has 3 rings (SSSR count). The monoisotopic (exact) mass is 523 g/mol. The molecular formula is C26H25ClF3NO5. The van der Waals surface area contributed by atoms with E-state index in [9.17, 15) is 23.1 Å². The molecule has 0 fully saturated rings. The predicted molar refractivity (Wildman–Crippen MR) is 130 cm³/mol. The SMILES string of the molecule is COc1cc(OC)cc([C@@H](C)NCCOc2cc(-c3ccc(Cl)c(C(=O)O)c3)cc(C(F)(F)F)c2)c1. The first-order valence-electron chi connectivity index (χ1n) is 10.9. The number of carboxylic acid groups (broad SMARTS) is 1. The number of hydrogen-bond donors (Lipinski definition) is 2. The fourth-order valence-corrected chi connectivity index (χ4v) is 3.72. The highest BCUT2D eigenvalue weighted by Crippen LogP contribution is 2.36. The molecule has 0 saturated carbocycles. The quantitative estimate of drug-likeness (QED) is 0.297. The number of methoxy groups -OCH3 is 2. The van der Waals surface area contributed by atoms with Crippen molar-refractivity contribution in [2.24, 2.45) is 0 Å². The third-order valence-electron chi connectivity index (χ3n) is 5.46. The molecule has 0 unspecified atom stereocenters. The lowest BCUT2D eigenvalue weighted by Gasteiger charge is -2.17. The number of halogens is 4. The number of benzene rings is 3. The molecule has 0 aliphatic carbocycles. The second kappa shape index (κ2) is 11.5. The fraction of sp³-hybridized carbons (Fsp3) is 0.269. The average Bonchev–Trinajstić information content (AvgIpc) is 2.85. The lowest BCUT2D eigenvalue weighted by atomic mass is 10.00. The molecule has 36 heavy (non-hydrogen) atoms. The van der Waals surface area contributed by atoms with Crippen molar-refractivity contribution in [1.82, 2.24) is 5.32 Å². The van der Waals surface area contributed by atoms with E-state index in [1.54, 1.807) is 20.3 Å². The van der Waals surface area contributed by atoms with E-state index in [2.05, 4.69) is 5.32 Å². The third-order valence-corrected chi connectivity index (χ3v) is 5.79. The van der Waals surface area contributed by atoms with Crippen molar-refractivity contribution in [3.8, 4) is 28.4 Å². The van der Waals surface area contributed by atoms with Crippen LogP contribution in [0.1, 0.15) is 34.5 Å². The molecule has 0 bridgehead atoms. The van der Waals surface area contributed by atoms with E-state index in [0.717, 1.165) is 17.7 Å². The summed E-state index contributed by atoms with van der Waals surface area (Å²) in [6.07, 6.45) is -4.62. The van der Waals surface area contributed by atoms with Crippen molar-refractivity contribution in [3.63, 3.8) is 0 Å². The Hall–Kier alpha value is -3.43. The van der Waals surface area contributed by atoms with Crippen molar-refractivity contribution >= 4 is 17.6 Å². The molecule has 0 heterocycles. The number of nitrogens with one attached hydrogen (secondary N) is 1. The summed E-state index contributed by atoms with van der Waals surface area (Å²) < 4.78 is 56.8. The normalized spacial score (nSPS) is 12.2. The van der Waals surface area contributed by atoms with Gasteiger partial charge in [-0.2, -0.15) is 13.2 Å². The van der Waals surface area contributed by atoms with E-state index in [4.69, 9.17) is 25.8 Å². The van der Waals surface area contributed by atoms with Crippen LogP contribution in [0.25, 0.3) is 11.1 Å². The zero-order valence-corrected chi connectivity index (χ0v) is 20.5. The van der Waals surface area contributed by atoms with Gasteiger partial charge >= 0.3 is 12.1 Å². The molecule has 0 spiro atoms. The van der Waals surface area contributed by atoms with E-state index in [1.165, 1.54) is 24.3 Å². The lowest BCUT2D eigenvalue weighted by Crippen LogP contribution is -2.24. The van der Waals surface area contributed by atoms with Gasteiger partial charge in [-0.15, -0.1) is 0 Å². The van der Waals surface area contributed by atoms with Gasteiger partial charge in [0.25, 0.3) is 0 Å². The van der Waals surface area contributed by atoms with Crippen molar-refractivity contribution < 1.29 is 37.3 Å². The van der Waals surface area contributed by atoms with Gasteiger partial charge in [-0.1, -0.05) is 17.7 Å². The molecule has 3 aromatic carbocycles. The van der Waals surface area contributed by atoms with E-state index < -0.39 is 17.7 Å². The van der Waals surface area contributed by atoms with Crippen LogP contribution in [0.2, 0.25) is 5.02 Å². The molecule has 3 aromatic rings. The summed E-state index contributed by atoms with van der Waals surface area (Å²) in [4.78, 5) is 11.4. The second-order valence-corrected chi connectivity index (χ2v) is 8.32. The number of alkyl halides is 3. The highest BCUT2D eigenvalue weighted by molar-refractivity contribution is 6.33. The first kappa shape index (κ1) is 27.2. The van der Waals surface area contributed by atoms with Crippen LogP contribution in [0.15, 0.2) is 54.6 Å². The predicted octanol–water partition coefficient (Wildman–Crippen LogP) is 6.47. The first-order valence-corrected chi connectivity index (χ1v) is 11.2. The minimum Gasteiger partial charge on any atom is -0.497 e. The summed E-state index contributed by atoms with van der Waals surface area (Å²) in [5, 5.41) is 12.5. The van der Waals surface area contributed by atoms with Crippen molar-refractivity contribution in [2.75, 3.05) is 27.4 Å². The Morgan fingerprint density at radius 1 is 0.972 bits per heavy atom. The lowest BCUT2D eigenvalue weighted by molar-refractivity contribution is -0.137. The molecule has 0 aliphatic rings. The van der Waals surface area contributed by atoms with E-state index in [1.807, 2.05) is 19.1 Å². The number of ether oxygens (including phenoxy) is 3. The smallest absolute Gasteiger partial charge is 0.416 e. The minimum atomic E-state index is -4.62. The molecule has 0 saturated heterocycles. The number of aromatic carboxylic acids is 1. The van der Waals surface area contributed by atoms with E-state index >= 15 is 0 Å². The molecule has 10 heteroatoms. The zero-order valence-electron chi connectivity index (χ0n) is 19.8. The molecule has 0 amide bonds. The number of rotatable bonds is 10. The summed E-state index contributed by atoms with van der Waals surface area (Å²) in [7, 11) is 3.11. The van der Waals surface area contributed by atoms with E-state index in [-0.39, 0.29) is 40.1 Å². The summed E-state index contributed by atoms with van der Waals surface area (Å²) in [6, 6.07) is 12.7. The summed E-state index contributed by atoms with van der Waals surface area (Å²) in [5.74, 6) is 0.00121.